The van der Waals surface area contributed by atoms with Gasteiger partial charge >= 0.3 is 19.7 Å². The third-order valence-corrected chi connectivity index (χ3v) is 10.3. The number of hydrogen-bond donors (Lipinski definition) is 1. The van der Waals surface area contributed by atoms with E-state index in [1.807, 2.05) is 0 Å². The van der Waals surface area contributed by atoms with Gasteiger partial charge in [-0.3, -0.25) is 24.3 Å². The van der Waals surface area contributed by atoms with Crippen molar-refractivity contribution < 1.29 is 42.2 Å². The average molecular weight is 724 g/mol. The highest BCUT2D eigenvalue weighted by atomic mass is 79.9. The van der Waals surface area contributed by atoms with Gasteiger partial charge in [-0.15, -0.1) is 0 Å². The lowest BCUT2D eigenvalue weighted by Gasteiger charge is -2.44. The van der Waals surface area contributed by atoms with E-state index in [1.54, 1.807) is 31.2 Å². The van der Waals surface area contributed by atoms with E-state index in [1.165, 1.54) is 23.8 Å². The number of rotatable bonds is 10. The van der Waals surface area contributed by atoms with E-state index in [0.717, 1.165) is 0 Å². The van der Waals surface area contributed by atoms with E-state index in [0.29, 0.717) is 17.3 Å². The Hall–Kier alpha value is -2.23. The monoisotopic (exact) mass is 722 g/mol. The minimum atomic E-state index is -4.21. The fourth-order valence-corrected chi connectivity index (χ4v) is 7.85. The standard InChI is InChI=1S/C23H29Br2N6O9P/c1-23(25)20(33)27-22(34)31(21(23)37-3)18-11-15(28-29-26)17(39-18)12-38-41(35,40-14-7-4-6-13(24)10-14)30-9-5-8-16(30)19(32)36-2/h4,6-7,10,15-18,21H,5,8-9,11-12H2,1-3H3,(H,27,33,34)/t15-,16-,17+,18+,21?,23?,41?/m0/s1. The van der Waals surface area contributed by atoms with Gasteiger partial charge in [-0.1, -0.05) is 43.0 Å². The van der Waals surface area contributed by atoms with Crippen LogP contribution in [0.25, 0.3) is 10.4 Å². The normalized spacial score (nSPS) is 31.7. The van der Waals surface area contributed by atoms with Gasteiger partial charge in [0.1, 0.15) is 22.3 Å². The zero-order chi connectivity index (χ0) is 29.9. The van der Waals surface area contributed by atoms with Crippen molar-refractivity contribution in [1.29, 1.82) is 0 Å². The van der Waals surface area contributed by atoms with Crippen LogP contribution in [0.4, 0.5) is 4.79 Å². The molecule has 3 fully saturated rings. The van der Waals surface area contributed by atoms with E-state index in [4.69, 9.17) is 23.3 Å². The second kappa shape index (κ2) is 13.0. The molecule has 1 aromatic carbocycles. The van der Waals surface area contributed by atoms with Crippen LogP contribution < -0.4 is 9.84 Å². The molecule has 3 unspecified atom stereocenters. The SMILES string of the molecule is COC(=O)[C@@H]1CCCN1P(=O)(OC[C@H]1O[C@@H](N2C(=O)NC(=O)C(C)(Br)C2OC)C[C@@H]1N=[N+]=[N-])Oc1cccc(Br)c1. The van der Waals surface area contributed by atoms with Gasteiger partial charge < -0.3 is 18.7 Å². The predicted octanol–water partition coefficient (Wildman–Crippen LogP) is 4.06. The number of amides is 3. The number of esters is 1. The molecule has 3 aliphatic rings. The Kier molecular flexibility index (Phi) is 10.0. The van der Waals surface area contributed by atoms with Crippen molar-refractivity contribution in [2.45, 2.75) is 61.2 Å². The fraction of sp³-hybridized carbons (Fsp3) is 0.609. The molecule has 3 saturated heterocycles. The molecular weight excluding hydrogens is 695 g/mol. The Labute approximate surface area is 252 Å². The molecule has 0 aromatic heterocycles. The van der Waals surface area contributed by atoms with Gasteiger partial charge in [-0.25, -0.2) is 9.36 Å². The second-order valence-corrected chi connectivity index (χ2v) is 14.1. The number of methoxy groups -OCH3 is 2. The zero-order valence-electron chi connectivity index (χ0n) is 22.3. The maximum atomic E-state index is 14.4. The first-order valence-corrected chi connectivity index (χ1v) is 15.6. The first kappa shape index (κ1) is 31.7. The Bertz CT molecular complexity index is 1280. The minimum absolute atomic E-state index is 0.0356. The number of azide groups is 1. The number of imide groups is 1. The van der Waals surface area contributed by atoms with Crippen LogP contribution in [-0.4, -0.2) is 89.8 Å². The van der Waals surface area contributed by atoms with Crippen molar-refractivity contribution in [2.24, 2.45) is 5.11 Å². The van der Waals surface area contributed by atoms with Gasteiger partial charge in [0.15, 0.2) is 6.23 Å². The van der Waals surface area contributed by atoms with E-state index >= 15 is 0 Å². The lowest BCUT2D eigenvalue weighted by Crippen LogP contribution is -2.69. The van der Waals surface area contributed by atoms with Gasteiger partial charge in [0.05, 0.1) is 25.9 Å². The van der Waals surface area contributed by atoms with Gasteiger partial charge in [0.2, 0.25) is 5.91 Å². The number of nitrogens with one attached hydrogen (secondary N) is 1. The summed E-state index contributed by atoms with van der Waals surface area (Å²) < 4.78 is 43.4. The fourth-order valence-electron chi connectivity index (χ4n) is 5.00. The van der Waals surface area contributed by atoms with E-state index in [-0.39, 0.29) is 25.3 Å². The van der Waals surface area contributed by atoms with Crippen molar-refractivity contribution in [3.05, 3.63) is 39.2 Å². The summed E-state index contributed by atoms with van der Waals surface area (Å²) in [7, 11) is -1.63. The summed E-state index contributed by atoms with van der Waals surface area (Å²) in [5, 5.41) is 6.06. The summed E-state index contributed by atoms with van der Waals surface area (Å²) in [5.74, 6) is -0.946. The molecule has 0 radical (unpaired) electrons. The van der Waals surface area contributed by atoms with Crippen molar-refractivity contribution >= 4 is 57.5 Å². The largest absolute Gasteiger partial charge is 0.468 e. The van der Waals surface area contributed by atoms with Crippen LogP contribution >= 0.6 is 39.6 Å². The third kappa shape index (κ3) is 6.57. The summed E-state index contributed by atoms with van der Waals surface area (Å²) >= 11 is 6.67. The molecule has 1 N–H and O–H groups in total. The molecule has 41 heavy (non-hydrogen) atoms. The molecule has 0 spiro atoms. The van der Waals surface area contributed by atoms with E-state index in [2.05, 4.69) is 47.2 Å². The highest BCUT2D eigenvalue weighted by Crippen LogP contribution is 2.56. The van der Waals surface area contributed by atoms with Crippen LogP contribution in [0.5, 0.6) is 5.75 Å². The van der Waals surface area contributed by atoms with Crippen LogP contribution in [0.1, 0.15) is 26.2 Å². The molecule has 0 saturated carbocycles. The second-order valence-electron chi connectivity index (χ2n) is 9.62. The summed E-state index contributed by atoms with van der Waals surface area (Å²) in [5.41, 5.74) is 9.20. The lowest BCUT2D eigenvalue weighted by molar-refractivity contribution is -0.152. The molecule has 18 heteroatoms. The number of urea groups is 1. The Morgan fingerprint density at radius 2 is 2.12 bits per heavy atom. The number of benzene rings is 1. The van der Waals surface area contributed by atoms with E-state index in [9.17, 15) is 24.5 Å². The van der Waals surface area contributed by atoms with Crippen LogP contribution in [0, 0.1) is 0 Å². The van der Waals surface area contributed by atoms with Crippen LogP contribution in [-0.2, 0) is 32.9 Å². The topological polar surface area (TPSA) is 182 Å². The third-order valence-electron chi connectivity index (χ3n) is 6.98. The van der Waals surface area contributed by atoms with Crippen molar-refractivity contribution in [3.8, 4) is 5.75 Å². The summed E-state index contributed by atoms with van der Waals surface area (Å²) in [6, 6.07) is 4.17. The average Bonchev–Trinajstić information content (AvgIpc) is 3.57. The maximum Gasteiger partial charge on any atom is 0.462 e. The smallest absolute Gasteiger partial charge is 0.462 e. The molecule has 3 amide bonds. The number of nitrogens with zero attached hydrogens (tertiary/aromatic N) is 5. The molecule has 0 aliphatic carbocycles. The molecule has 15 nitrogen and oxygen atoms in total. The first-order valence-electron chi connectivity index (χ1n) is 12.5. The highest BCUT2D eigenvalue weighted by molar-refractivity contribution is 9.10. The Balaban J connectivity index is 1.59. The minimum Gasteiger partial charge on any atom is -0.468 e. The zero-order valence-corrected chi connectivity index (χ0v) is 26.4. The van der Waals surface area contributed by atoms with Gasteiger partial charge in [0.25, 0.3) is 0 Å². The molecular formula is C23H29Br2N6O9P. The summed E-state index contributed by atoms with van der Waals surface area (Å²) in [6.45, 7) is 1.40. The molecule has 1 aromatic rings. The van der Waals surface area contributed by atoms with Crippen LogP contribution in [0.15, 0.2) is 33.9 Å². The number of hydrogen-bond acceptors (Lipinski definition) is 10. The van der Waals surface area contributed by atoms with Gasteiger partial charge in [-0.2, -0.15) is 4.67 Å². The number of ether oxygens (including phenoxy) is 3. The van der Waals surface area contributed by atoms with Crippen molar-refractivity contribution in [1.82, 2.24) is 14.9 Å². The quantitative estimate of drug-likeness (QED) is 0.0923. The summed E-state index contributed by atoms with van der Waals surface area (Å²) in [6.07, 6.45) is -2.05. The maximum absolute atomic E-state index is 14.4. The Morgan fingerprint density at radius 3 is 2.78 bits per heavy atom. The van der Waals surface area contributed by atoms with Gasteiger partial charge in [0, 0.05) is 29.5 Å². The number of halogens is 2. The first-order chi connectivity index (χ1) is 19.4. The molecule has 3 heterocycles. The van der Waals surface area contributed by atoms with Crippen molar-refractivity contribution in [2.75, 3.05) is 27.4 Å². The van der Waals surface area contributed by atoms with Crippen LogP contribution in [0.2, 0.25) is 0 Å². The molecule has 4 rings (SSSR count). The Morgan fingerprint density at radius 1 is 1.37 bits per heavy atom. The molecule has 224 valence electrons. The van der Waals surface area contributed by atoms with Crippen molar-refractivity contribution in [3.63, 3.8) is 0 Å². The predicted molar refractivity (Wildman–Crippen MR) is 150 cm³/mol. The number of alkyl halides is 1. The molecule has 7 atom stereocenters. The highest BCUT2D eigenvalue weighted by Gasteiger charge is 2.55. The molecule has 0 bridgehead atoms. The molecule has 3 aliphatic heterocycles. The number of carbonyl (C=O) groups excluding carboxylic acids is 3. The van der Waals surface area contributed by atoms with Crippen LogP contribution in [0.3, 0.4) is 0 Å². The summed E-state index contributed by atoms with van der Waals surface area (Å²) in [4.78, 5) is 41.8. The lowest BCUT2D eigenvalue weighted by atomic mass is 10.0. The van der Waals surface area contributed by atoms with Gasteiger partial charge in [-0.05, 0) is 43.5 Å². The number of carbonyl (C=O) groups is 3. The van der Waals surface area contributed by atoms with E-state index < -0.39 is 60.6 Å².